The molecule has 140 valence electrons. The zero-order valence-corrected chi connectivity index (χ0v) is 16.0. The summed E-state index contributed by atoms with van der Waals surface area (Å²) in [5.41, 5.74) is 1.97. The molecule has 0 radical (unpaired) electrons. The van der Waals surface area contributed by atoms with Crippen molar-refractivity contribution in [2.24, 2.45) is 0 Å². The van der Waals surface area contributed by atoms with E-state index in [0.29, 0.717) is 12.3 Å². The lowest BCUT2D eigenvalue weighted by Crippen LogP contribution is -2.24. The van der Waals surface area contributed by atoms with Gasteiger partial charge >= 0.3 is 0 Å². The second-order valence-electron chi connectivity index (χ2n) is 5.56. The number of aryl methyl sites for hydroxylation is 1. The normalized spacial score (nSPS) is 11.2. The molecule has 2 N–H and O–H groups in total. The van der Waals surface area contributed by atoms with Gasteiger partial charge < -0.3 is 10.1 Å². The molecule has 7 heteroatoms. The van der Waals surface area contributed by atoms with E-state index >= 15 is 0 Å². The first-order valence-electron chi connectivity index (χ1n) is 8.58. The van der Waals surface area contributed by atoms with Gasteiger partial charge in [-0.25, -0.2) is 13.1 Å². The monoisotopic (exact) mass is 376 g/mol. The van der Waals surface area contributed by atoms with Gasteiger partial charge in [-0.05, 0) is 43.2 Å². The van der Waals surface area contributed by atoms with Crippen LogP contribution in [-0.2, 0) is 16.4 Å². The number of carbonyl (C=O) groups is 1. The minimum Gasteiger partial charge on any atom is -0.492 e. The molecule has 0 atom stereocenters. The van der Waals surface area contributed by atoms with Gasteiger partial charge in [0.15, 0.2) is 0 Å². The van der Waals surface area contributed by atoms with Crippen molar-refractivity contribution in [2.45, 2.75) is 32.1 Å². The number of rotatable bonds is 8. The molecule has 0 aliphatic heterocycles. The Balaban J connectivity index is 2.39. The molecule has 2 rings (SSSR count). The van der Waals surface area contributed by atoms with E-state index in [9.17, 15) is 13.2 Å². The summed E-state index contributed by atoms with van der Waals surface area (Å²) in [4.78, 5) is 12.6. The molecular formula is C19H24N2O4S. The third-order valence-electron chi connectivity index (χ3n) is 3.78. The van der Waals surface area contributed by atoms with Crippen molar-refractivity contribution in [3.8, 4) is 5.75 Å². The number of ether oxygens (including phenoxy) is 1. The Kier molecular flexibility index (Phi) is 6.76. The van der Waals surface area contributed by atoms with Crippen molar-refractivity contribution in [1.29, 1.82) is 0 Å². The number of carbonyl (C=O) groups excluding carboxylic acids is 1. The Morgan fingerprint density at radius 3 is 2.46 bits per heavy atom. The van der Waals surface area contributed by atoms with E-state index in [1.165, 1.54) is 12.1 Å². The number of hydrogen-bond donors (Lipinski definition) is 2. The largest absolute Gasteiger partial charge is 0.492 e. The smallest absolute Gasteiger partial charge is 0.255 e. The predicted molar refractivity (Wildman–Crippen MR) is 102 cm³/mol. The quantitative estimate of drug-likeness (QED) is 0.741. The third-order valence-corrected chi connectivity index (χ3v) is 5.34. The highest BCUT2D eigenvalue weighted by Crippen LogP contribution is 2.26. The number of amides is 1. The average Bonchev–Trinajstić information content (AvgIpc) is 2.62. The van der Waals surface area contributed by atoms with Crippen LogP contribution in [-0.4, -0.2) is 27.5 Å². The lowest BCUT2D eigenvalue weighted by molar-refractivity contribution is 0.102. The van der Waals surface area contributed by atoms with Crippen molar-refractivity contribution in [3.05, 3.63) is 53.6 Å². The molecule has 0 heterocycles. The molecule has 0 bridgehead atoms. The summed E-state index contributed by atoms with van der Waals surface area (Å²) in [7, 11) is -3.76. The first-order chi connectivity index (χ1) is 12.4. The maximum atomic E-state index is 12.6. The van der Waals surface area contributed by atoms with Gasteiger partial charge in [0.25, 0.3) is 5.91 Å². The van der Waals surface area contributed by atoms with Crippen LogP contribution in [0.5, 0.6) is 5.75 Å². The van der Waals surface area contributed by atoms with E-state index < -0.39 is 10.0 Å². The molecule has 2 aromatic carbocycles. The fraction of sp³-hybridized carbons (Fsp3) is 0.316. The average molecular weight is 376 g/mol. The van der Waals surface area contributed by atoms with E-state index in [-0.39, 0.29) is 28.7 Å². The fourth-order valence-corrected chi connectivity index (χ4v) is 3.76. The molecule has 26 heavy (non-hydrogen) atoms. The van der Waals surface area contributed by atoms with Crippen LogP contribution in [0.3, 0.4) is 0 Å². The highest BCUT2D eigenvalue weighted by atomic mass is 32.2. The predicted octanol–water partition coefficient (Wildman–Crippen LogP) is 3.20. The highest BCUT2D eigenvalue weighted by Gasteiger charge is 2.21. The topological polar surface area (TPSA) is 84.5 Å². The Bertz CT molecular complexity index is 879. The summed E-state index contributed by atoms with van der Waals surface area (Å²) in [5.74, 6) is -0.152. The Labute approximate surface area is 154 Å². The maximum Gasteiger partial charge on any atom is 0.255 e. The molecule has 1 amide bonds. The lowest BCUT2D eigenvalue weighted by Gasteiger charge is -2.14. The van der Waals surface area contributed by atoms with Crippen molar-refractivity contribution in [2.75, 3.05) is 18.5 Å². The fourth-order valence-electron chi connectivity index (χ4n) is 2.55. The number of para-hydroxylation sites is 1. The van der Waals surface area contributed by atoms with Gasteiger partial charge in [-0.15, -0.1) is 0 Å². The summed E-state index contributed by atoms with van der Waals surface area (Å²) < 4.78 is 32.7. The van der Waals surface area contributed by atoms with Crippen LogP contribution in [0.2, 0.25) is 0 Å². The molecule has 0 saturated carbocycles. The van der Waals surface area contributed by atoms with Gasteiger partial charge in [0.1, 0.15) is 10.6 Å². The van der Waals surface area contributed by atoms with Crippen LogP contribution in [0.15, 0.2) is 47.4 Å². The molecule has 0 unspecified atom stereocenters. The SMILES string of the molecule is CCNS(=O)(=O)c1cc(C(=O)Nc2ccccc2CC)ccc1OCC. The molecule has 0 aliphatic carbocycles. The van der Waals surface area contributed by atoms with E-state index in [4.69, 9.17) is 4.74 Å². The van der Waals surface area contributed by atoms with Gasteiger partial charge in [0.2, 0.25) is 10.0 Å². The van der Waals surface area contributed by atoms with Crippen LogP contribution < -0.4 is 14.8 Å². The van der Waals surface area contributed by atoms with Crippen LogP contribution in [0, 0.1) is 0 Å². The Hall–Kier alpha value is -2.38. The van der Waals surface area contributed by atoms with Crippen molar-refractivity contribution in [1.82, 2.24) is 4.72 Å². The number of hydrogen-bond acceptors (Lipinski definition) is 4. The van der Waals surface area contributed by atoms with Gasteiger partial charge in [0.05, 0.1) is 6.61 Å². The zero-order valence-electron chi connectivity index (χ0n) is 15.2. The van der Waals surface area contributed by atoms with Crippen LogP contribution in [0.4, 0.5) is 5.69 Å². The van der Waals surface area contributed by atoms with Gasteiger partial charge in [0, 0.05) is 17.8 Å². The number of anilines is 1. The van der Waals surface area contributed by atoms with Crippen LogP contribution in [0.1, 0.15) is 36.7 Å². The second-order valence-corrected chi connectivity index (χ2v) is 7.30. The summed E-state index contributed by atoms with van der Waals surface area (Å²) >= 11 is 0. The van der Waals surface area contributed by atoms with Gasteiger partial charge in [-0.3, -0.25) is 4.79 Å². The Morgan fingerprint density at radius 2 is 1.81 bits per heavy atom. The summed E-state index contributed by atoms with van der Waals surface area (Å²) in [6, 6.07) is 11.9. The van der Waals surface area contributed by atoms with E-state index in [0.717, 1.165) is 12.0 Å². The summed E-state index contributed by atoms with van der Waals surface area (Å²) in [5, 5.41) is 2.84. The van der Waals surface area contributed by atoms with Crippen molar-refractivity contribution >= 4 is 21.6 Å². The van der Waals surface area contributed by atoms with Crippen LogP contribution >= 0.6 is 0 Å². The summed E-state index contributed by atoms with van der Waals surface area (Å²) in [6.07, 6.45) is 0.778. The lowest BCUT2D eigenvalue weighted by atomic mass is 10.1. The third kappa shape index (κ3) is 4.62. The molecule has 0 spiro atoms. The second kappa shape index (κ2) is 8.82. The minimum absolute atomic E-state index is 0.0439. The number of nitrogens with one attached hydrogen (secondary N) is 2. The Morgan fingerprint density at radius 1 is 1.08 bits per heavy atom. The number of benzene rings is 2. The van der Waals surface area contributed by atoms with E-state index in [2.05, 4.69) is 10.0 Å². The summed E-state index contributed by atoms with van der Waals surface area (Å²) in [6.45, 7) is 6.03. The van der Waals surface area contributed by atoms with Crippen molar-refractivity contribution in [3.63, 3.8) is 0 Å². The highest BCUT2D eigenvalue weighted by molar-refractivity contribution is 7.89. The van der Waals surface area contributed by atoms with Crippen molar-refractivity contribution < 1.29 is 17.9 Å². The van der Waals surface area contributed by atoms with E-state index in [1.54, 1.807) is 19.9 Å². The first kappa shape index (κ1) is 19.9. The van der Waals surface area contributed by atoms with E-state index in [1.807, 2.05) is 31.2 Å². The minimum atomic E-state index is -3.76. The molecule has 2 aromatic rings. The standard InChI is InChI=1S/C19H24N2O4S/c1-4-14-9-7-8-10-16(14)21-19(22)15-11-12-17(25-6-3)18(13-15)26(23,24)20-5-2/h7-13,20H,4-6H2,1-3H3,(H,21,22). The zero-order chi connectivity index (χ0) is 19.2. The molecule has 0 fully saturated rings. The van der Waals surface area contributed by atoms with Gasteiger partial charge in [-0.2, -0.15) is 0 Å². The number of sulfonamides is 1. The molecule has 0 aliphatic rings. The maximum absolute atomic E-state index is 12.6. The van der Waals surface area contributed by atoms with Crippen LogP contribution in [0.25, 0.3) is 0 Å². The molecular weight excluding hydrogens is 352 g/mol. The first-order valence-corrected chi connectivity index (χ1v) is 10.1. The molecule has 0 saturated heterocycles. The van der Waals surface area contributed by atoms with Gasteiger partial charge in [-0.1, -0.05) is 32.0 Å². The molecule has 0 aromatic heterocycles. The molecule has 6 nitrogen and oxygen atoms in total.